The van der Waals surface area contributed by atoms with Crippen molar-refractivity contribution in [2.45, 2.75) is 12.8 Å². The summed E-state index contributed by atoms with van der Waals surface area (Å²) in [6, 6.07) is 4.01. The number of halogens is 3. The summed E-state index contributed by atoms with van der Waals surface area (Å²) in [6.45, 7) is 0. The molecule has 0 radical (unpaired) electrons. The minimum absolute atomic E-state index is 0.0560. The number of thiophene rings is 1. The number of aryl methyl sites for hydroxylation is 1. The number of carbonyl (C=O) groups excluding carboxylic acids is 1. The molecule has 0 spiro atoms. The molecular weight excluding hydrogens is 451 g/mol. The summed E-state index contributed by atoms with van der Waals surface area (Å²) in [5.74, 6) is -1.04. The molecule has 0 atom stereocenters. The van der Waals surface area contributed by atoms with Crippen molar-refractivity contribution in [2.24, 2.45) is 0 Å². The smallest absolute Gasteiger partial charge is 0.227 e. The second kappa shape index (κ2) is 7.34. The van der Waals surface area contributed by atoms with Gasteiger partial charge < -0.3 is 9.84 Å². The summed E-state index contributed by atoms with van der Waals surface area (Å²) in [5, 5.41) is 10.1. The van der Waals surface area contributed by atoms with E-state index in [1.165, 1.54) is 11.3 Å². The summed E-state index contributed by atoms with van der Waals surface area (Å²) in [5.41, 5.74) is 0.921. The van der Waals surface area contributed by atoms with Crippen LogP contribution in [0.5, 0.6) is 0 Å². The van der Waals surface area contributed by atoms with Crippen LogP contribution in [-0.2, 0) is 11.2 Å². The van der Waals surface area contributed by atoms with Crippen molar-refractivity contribution < 1.29 is 18.1 Å². The standard InChI is InChI=1S/C15H10F2IN3O2S/c16-10-5-9(6-11(17)14(10)18)19-12(22)1-2-13-20-15(21-23-13)8-3-4-24-7-8/h3-7H,1-2H2,(H,19,22). The number of hydrogen-bond acceptors (Lipinski definition) is 5. The fraction of sp³-hybridized carbons (Fsp3) is 0.133. The lowest BCUT2D eigenvalue weighted by molar-refractivity contribution is -0.116. The van der Waals surface area contributed by atoms with Gasteiger partial charge in [-0.15, -0.1) is 0 Å². The van der Waals surface area contributed by atoms with Gasteiger partial charge in [0.15, 0.2) is 0 Å². The quantitative estimate of drug-likeness (QED) is 0.456. The first-order chi connectivity index (χ1) is 11.5. The van der Waals surface area contributed by atoms with E-state index in [4.69, 9.17) is 4.52 Å². The third kappa shape index (κ3) is 3.96. The average molecular weight is 461 g/mol. The van der Waals surface area contributed by atoms with Gasteiger partial charge in [0.25, 0.3) is 0 Å². The Morgan fingerprint density at radius 3 is 2.75 bits per heavy atom. The second-order valence-corrected chi connectivity index (χ2v) is 6.68. The number of nitrogens with one attached hydrogen (secondary N) is 1. The summed E-state index contributed by atoms with van der Waals surface area (Å²) in [6.07, 6.45) is 0.290. The van der Waals surface area contributed by atoms with Crippen LogP contribution in [0.3, 0.4) is 0 Å². The Labute approximate surface area is 153 Å². The maximum atomic E-state index is 13.4. The van der Waals surface area contributed by atoms with Gasteiger partial charge in [0, 0.05) is 29.5 Å². The lowest BCUT2D eigenvalue weighted by Gasteiger charge is -2.06. The van der Waals surface area contributed by atoms with Gasteiger partial charge in [-0.25, -0.2) is 8.78 Å². The Bertz CT molecular complexity index is 844. The SMILES string of the molecule is O=C(CCc1nc(-c2ccsc2)no1)Nc1cc(F)c(I)c(F)c1. The van der Waals surface area contributed by atoms with Crippen molar-refractivity contribution in [2.75, 3.05) is 5.32 Å². The molecule has 3 aromatic rings. The van der Waals surface area contributed by atoms with E-state index in [-0.39, 0.29) is 22.1 Å². The van der Waals surface area contributed by atoms with Crippen LogP contribution in [0, 0.1) is 15.2 Å². The summed E-state index contributed by atoms with van der Waals surface area (Å²) >= 11 is 3.08. The van der Waals surface area contributed by atoms with E-state index in [0.29, 0.717) is 11.7 Å². The van der Waals surface area contributed by atoms with Gasteiger partial charge in [-0.1, -0.05) is 5.16 Å². The molecule has 0 bridgehead atoms. The number of nitrogens with zero attached hydrogens (tertiary/aromatic N) is 2. The molecular formula is C15H10F2IN3O2S. The molecule has 1 N–H and O–H groups in total. The van der Waals surface area contributed by atoms with E-state index in [1.807, 2.05) is 16.8 Å². The molecule has 2 heterocycles. The van der Waals surface area contributed by atoms with Crippen molar-refractivity contribution in [1.82, 2.24) is 10.1 Å². The molecule has 1 aromatic carbocycles. The molecule has 2 aromatic heterocycles. The van der Waals surface area contributed by atoms with Crippen molar-refractivity contribution in [3.8, 4) is 11.4 Å². The normalized spacial score (nSPS) is 10.8. The molecule has 124 valence electrons. The first-order valence-corrected chi connectivity index (χ1v) is 8.84. The van der Waals surface area contributed by atoms with Crippen molar-refractivity contribution in [1.29, 1.82) is 0 Å². The Morgan fingerprint density at radius 2 is 2.08 bits per heavy atom. The van der Waals surface area contributed by atoms with Crippen molar-refractivity contribution in [3.63, 3.8) is 0 Å². The molecule has 24 heavy (non-hydrogen) atoms. The lowest BCUT2D eigenvalue weighted by atomic mass is 10.2. The van der Waals surface area contributed by atoms with Gasteiger partial charge in [-0.3, -0.25) is 4.79 Å². The van der Waals surface area contributed by atoms with Gasteiger partial charge in [-0.2, -0.15) is 16.3 Å². The molecule has 0 aliphatic carbocycles. The molecule has 5 nitrogen and oxygen atoms in total. The number of carbonyl (C=O) groups is 1. The lowest BCUT2D eigenvalue weighted by Crippen LogP contribution is -2.13. The van der Waals surface area contributed by atoms with Gasteiger partial charge in [-0.05, 0) is 46.2 Å². The molecule has 0 unspecified atom stereocenters. The highest BCUT2D eigenvalue weighted by Crippen LogP contribution is 2.21. The largest absolute Gasteiger partial charge is 0.339 e. The number of benzene rings is 1. The molecule has 0 saturated carbocycles. The van der Waals surface area contributed by atoms with Crippen LogP contribution >= 0.6 is 33.9 Å². The van der Waals surface area contributed by atoms with Crippen LogP contribution in [-0.4, -0.2) is 16.0 Å². The number of amides is 1. The molecule has 9 heteroatoms. The third-order valence-electron chi connectivity index (χ3n) is 3.08. The second-order valence-electron chi connectivity index (χ2n) is 4.83. The fourth-order valence-corrected chi connectivity index (χ4v) is 2.88. The first kappa shape index (κ1) is 17.0. The zero-order chi connectivity index (χ0) is 17.1. The van der Waals surface area contributed by atoms with E-state index in [9.17, 15) is 13.6 Å². The maximum Gasteiger partial charge on any atom is 0.227 e. The number of aromatic nitrogens is 2. The third-order valence-corrected chi connectivity index (χ3v) is 4.79. The van der Waals surface area contributed by atoms with Crippen LogP contribution in [0.4, 0.5) is 14.5 Å². The average Bonchev–Trinajstić information content (AvgIpc) is 3.21. The Balaban J connectivity index is 1.58. The van der Waals surface area contributed by atoms with E-state index < -0.39 is 17.5 Å². The highest BCUT2D eigenvalue weighted by atomic mass is 127. The maximum absolute atomic E-state index is 13.4. The molecule has 3 rings (SSSR count). The highest BCUT2D eigenvalue weighted by molar-refractivity contribution is 14.1. The van der Waals surface area contributed by atoms with Crippen molar-refractivity contribution >= 4 is 45.5 Å². The van der Waals surface area contributed by atoms with Gasteiger partial charge in [0.05, 0.1) is 3.57 Å². The van der Waals surface area contributed by atoms with Crippen LogP contribution in [0.1, 0.15) is 12.3 Å². The predicted octanol–water partition coefficient (Wildman–Crippen LogP) is 4.25. The fourth-order valence-electron chi connectivity index (χ4n) is 1.94. The van der Waals surface area contributed by atoms with E-state index in [1.54, 1.807) is 22.6 Å². The van der Waals surface area contributed by atoms with Gasteiger partial charge >= 0.3 is 0 Å². The van der Waals surface area contributed by atoms with Gasteiger partial charge in [0.2, 0.25) is 17.6 Å². The van der Waals surface area contributed by atoms with Crippen LogP contribution in [0.2, 0.25) is 0 Å². The topological polar surface area (TPSA) is 68.0 Å². The Kier molecular flexibility index (Phi) is 5.19. The van der Waals surface area contributed by atoms with Crippen LogP contribution in [0.15, 0.2) is 33.5 Å². The molecule has 0 aliphatic rings. The summed E-state index contributed by atoms with van der Waals surface area (Å²) in [4.78, 5) is 16.1. The van der Waals surface area contributed by atoms with E-state index in [2.05, 4.69) is 15.5 Å². The van der Waals surface area contributed by atoms with Crippen LogP contribution < -0.4 is 5.32 Å². The number of hydrogen-bond donors (Lipinski definition) is 1. The van der Waals surface area contributed by atoms with E-state index >= 15 is 0 Å². The molecule has 1 amide bonds. The number of anilines is 1. The Hall–Kier alpha value is -1.88. The zero-order valence-corrected chi connectivity index (χ0v) is 15.0. The monoisotopic (exact) mass is 461 g/mol. The minimum Gasteiger partial charge on any atom is -0.339 e. The summed E-state index contributed by atoms with van der Waals surface area (Å²) < 4.78 is 31.9. The van der Waals surface area contributed by atoms with Crippen molar-refractivity contribution in [3.05, 3.63) is 50.1 Å². The molecule has 0 saturated heterocycles. The molecule has 0 fully saturated rings. The number of rotatable bonds is 5. The highest BCUT2D eigenvalue weighted by Gasteiger charge is 2.13. The van der Waals surface area contributed by atoms with Crippen LogP contribution in [0.25, 0.3) is 11.4 Å². The first-order valence-electron chi connectivity index (χ1n) is 6.82. The molecule has 0 aliphatic heterocycles. The summed E-state index contributed by atoms with van der Waals surface area (Å²) in [7, 11) is 0. The van der Waals surface area contributed by atoms with E-state index in [0.717, 1.165) is 17.7 Å². The minimum atomic E-state index is -0.719. The predicted molar refractivity (Wildman–Crippen MR) is 93.6 cm³/mol. The Morgan fingerprint density at radius 1 is 1.33 bits per heavy atom. The van der Waals surface area contributed by atoms with Gasteiger partial charge in [0.1, 0.15) is 11.6 Å². The zero-order valence-electron chi connectivity index (χ0n) is 12.1.